The molecule has 0 spiro atoms. The summed E-state index contributed by atoms with van der Waals surface area (Å²) in [5, 5.41) is 13.9. The van der Waals surface area contributed by atoms with Gasteiger partial charge >= 0.3 is 11.7 Å². The second-order valence-corrected chi connectivity index (χ2v) is 6.66. The fourth-order valence-electron chi connectivity index (χ4n) is 2.01. The molecule has 0 saturated carbocycles. The van der Waals surface area contributed by atoms with E-state index in [4.69, 9.17) is 16.3 Å². The Morgan fingerprint density at radius 1 is 1.50 bits per heavy atom. The van der Waals surface area contributed by atoms with Gasteiger partial charge in [0, 0.05) is 18.8 Å². The highest BCUT2D eigenvalue weighted by Crippen LogP contribution is 2.20. The quantitative estimate of drug-likeness (QED) is 0.437. The van der Waals surface area contributed by atoms with Gasteiger partial charge in [0.1, 0.15) is 6.23 Å². The second-order valence-electron chi connectivity index (χ2n) is 6.28. The van der Waals surface area contributed by atoms with Gasteiger partial charge in [0.2, 0.25) is 5.82 Å². The van der Waals surface area contributed by atoms with Crippen molar-refractivity contribution < 1.29 is 13.9 Å². The Bertz CT molecular complexity index is 717. The fraction of sp³-hybridized carbons (Fsp3) is 0.643. The molecule has 3 N–H and O–H groups in total. The molecule has 1 atom stereocenters. The lowest BCUT2D eigenvalue weighted by Crippen LogP contribution is -2.47. The second kappa shape index (κ2) is 9.67. The number of hydrogen-bond donors (Lipinski definition) is 3. The number of aromatic nitrogens is 2. The molecule has 26 heavy (non-hydrogen) atoms. The van der Waals surface area contributed by atoms with Crippen LogP contribution in [-0.2, 0) is 4.74 Å². The topological polar surface area (TPSA) is 132 Å². The summed E-state index contributed by atoms with van der Waals surface area (Å²) in [5.41, 5.74) is -1.23. The molecule has 148 valence electrons. The standard InChI is InChI=1S/C14H22ClFN5O5/c1-14(2,3)26-10(20-8-9(16)11(22)18-13(20)24)4-6-17-12(23)21(19-25)7-5-15/h8,10,19H,4-7H2,1-3H3,(H,17,23)(H,18,22,24)/q-1. The minimum absolute atomic E-state index is 0.00717. The molecule has 1 aromatic rings. The lowest BCUT2D eigenvalue weighted by atomic mass is 10.2. The Kier molecular flexibility index (Phi) is 8.21. The largest absolute Gasteiger partial charge is 0.770 e. The summed E-state index contributed by atoms with van der Waals surface area (Å²) < 4.78 is 20.2. The van der Waals surface area contributed by atoms with Gasteiger partial charge in [-0.3, -0.25) is 19.4 Å². The summed E-state index contributed by atoms with van der Waals surface area (Å²) in [6.07, 6.45) is -0.142. The van der Waals surface area contributed by atoms with Crippen LogP contribution in [0.4, 0.5) is 9.18 Å². The van der Waals surface area contributed by atoms with Gasteiger partial charge in [-0.25, -0.2) is 9.59 Å². The van der Waals surface area contributed by atoms with Crippen molar-refractivity contribution in [3.05, 3.63) is 38.1 Å². The smallest absolute Gasteiger partial charge is 0.330 e. The third-order valence-corrected chi connectivity index (χ3v) is 3.22. The number of alkyl halides is 1. The Hall–Kier alpha value is -1.95. The van der Waals surface area contributed by atoms with Crippen molar-refractivity contribution in [1.29, 1.82) is 0 Å². The van der Waals surface area contributed by atoms with Crippen LogP contribution in [0, 0.1) is 11.0 Å². The number of carbonyl (C=O) groups excluding carboxylic acids is 1. The number of amides is 2. The van der Waals surface area contributed by atoms with E-state index in [-0.39, 0.29) is 25.4 Å². The van der Waals surface area contributed by atoms with E-state index in [9.17, 15) is 24.0 Å². The summed E-state index contributed by atoms with van der Waals surface area (Å²) in [6, 6.07) is -0.713. The van der Waals surface area contributed by atoms with Crippen LogP contribution in [0.3, 0.4) is 0 Å². The summed E-state index contributed by atoms with van der Waals surface area (Å²) in [7, 11) is 0. The number of H-pyrrole nitrogens is 1. The van der Waals surface area contributed by atoms with Gasteiger partial charge < -0.3 is 20.9 Å². The van der Waals surface area contributed by atoms with E-state index in [0.717, 1.165) is 15.8 Å². The zero-order chi connectivity index (χ0) is 19.9. The van der Waals surface area contributed by atoms with Crippen LogP contribution in [0.5, 0.6) is 0 Å². The molecular weight excluding hydrogens is 373 g/mol. The fourth-order valence-corrected chi connectivity index (χ4v) is 2.18. The Balaban J connectivity index is 2.89. The number of nitrogens with one attached hydrogen (secondary N) is 3. The van der Waals surface area contributed by atoms with Gasteiger partial charge in [0.05, 0.1) is 18.3 Å². The minimum atomic E-state index is -1.14. The molecule has 2 amide bonds. The number of rotatable bonds is 8. The number of hydrazine groups is 1. The predicted octanol–water partition coefficient (Wildman–Crippen LogP) is 0.632. The maximum Gasteiger partial charge on any atom is 0.330 e. The molecule has 1 rings (SSSR count). The number of nitrogens with zero attached hydrogens (tertiary/aromatic N) is 2. The van der Waals surface area contributed by atoms with Gasteiger partial charge in [0.15, 0.2) is 0 Å². The Morgan fingerprint density at radius 3 is 2.69 bits per heavy atom. The van der Waals surface area contributed by atoms with Crippen LogP contribution in [-0.4, -0.2) is 45.2 Å². The van der Waals surface area contributed by atoms with E-state index in [1.54, 1.807) is 20.8 Å². The van der Waals surface area contributed by atoms with Crippen molar-refractivity contribution in [1.82, 2.24) is 25.5 Å². The first kappa shape index (κ1) is 22.1. The van der Waals surface area contributed by atoms with Gasteiger partial charge in [-0.1, -0.05) is 0 Å². The summed E-state index contributed by atoms with van der Waals surface area (Å²) >= 11 is 5.48. The van der Waals surface area contributed by atoms with Crippen LogP contribution in [0.2, 0.25) is 0 Å². The molecule has 0 saturated heterocycles. The van der Waals surface area contributed by atoms with Crippen molar-refractivity contribution in [3.63, 3.8) is 0 Å². The molecule has 12 heteroatoms. The van der Waals surface area contributed by atoms with E-state index in [1.165, 1.54) is 5.59 Å². The zero-order valence-corrected chi connectivity index (χ0v) is 15.4. The third-order valence-electron chi connectivity index (χ3n) is 3.06. The van der Waals surface area contributed by atoms with Crippen molar-refractivity contribution in [2.45, 2.75) is 39.0 Å². The molecule has 0 aliphatic rings. The minimum Gasteiger partial charge on any atom is -0.770 e. The monoisotopic (exact) mass is 394 g/mol. The highest BCUT2D eigenvalue weighted by atomic mass is 35.5. The third kappa shape index (κ3) is 6.75. The normalized spacial score (nSPS) is 12.7. The SMILES string of the molecule is CC(C)(C)OC(CCNC(=O)N(CCCl)N[O-])n1cc(F)c(=O)[nH]c1=O. The van der Waals surface area contributed by atoms with Gasteiger partial charge in [-0.2, -0.15) is 4.39 Å². The van der Waals surface area contributed by atoms with E-state index in [0.29, 0.717) is 0 Å². The average Bonchev–Trinajstić information content (AvgIpc) is 2.53. The molecule has 10 nitrogen and oxygen atoms in total. The van der Waals surface area contributed by atoms with E-state index in [2.05, 4.69) is 5.32 Å². The maximum atomic E-state index is 13.5. The Labute approximate surface area is 153 Å². The lowest BCUT2D eigenvalue weighted by Gasteiger charge is -2.29. The molecular formula is C14H22ClFN5O5-. The summed E-state index contributed by atoms with van der Waals surface area (Å²) in [6.45, 7) is 5.19. The first-order valence-corrected chi connectivity index (χ1v) is 8.30. The van der Waals surface area contributed by atoms with Crippen LogP contribution < -0.4 is 22.2 Å². The van der Waals surface area contributed by atoms with Crippen molar-refractivity contribution in [2.75, 3.05) is 19.0 Å². The van der Waals surface area contributed by atoms with Crippen LogP contribution >= 0.6 is 11.6 Å². The summed E-state index contributed by atoms with van der Waals surface area (Å²) in [4.78, 5) is 36.8. The molecule has 1 unspecified atom stereocenters. The number of ether oxygens (including phenoxy) is 1. The summed E-state index contributed by atoms with van der Waals surface area (Å²) in [5.74, 6) is -1.08. The Morgan fingerprint density at radius 2 is 2.15 bits per heavy atom. The zero-order valence-electron chi connectivity index (χ0n) is 14.7. The van der Waals surface area contributed by atoms with Gasteiger partial charge in [-0.15, -0.1) is 11.6 Å². The molecule has 0 aromatic carbocycles. The average molecular weight is 395 g/mol. The van der Waals surface area contributed by atoms with Crippen LogP contribution in [0.1, 0.15) is 33.4 Å². The van der Waals surface area contributed by atoms with Crippen molar-refractivity contribution >= 4 is 17.6 Å². The molecule has 1 heterocycles. The van der Waals surface area contributed by atoms with Crippen LogP contribution in [0.15, 0.2) is 15.8 Å². The van der Waals surface area contributed by atoms with Crippen molar-refractivity contribution in [3.8, 4) is 0 Å². The molecule has 0 aliphatic heterocycles. The molecule has 1 aromatic heterocycles. The number of halogens is 2. The molecule has 0 bridgehead atoms. The number of hydrogen-bond acceptors (Lipinski definition) is 6. The van der Waals surface area contributed by atoms with E-state index >= 15 is 0 Å². The van der Waals surface area contributed by atoms with Crippen molar-refractivity contribution in [2.24, 2.45) is 0 Å². The van der Waals surface area contributed by atoms with E-state index in [1.807, 2.05) is 4.98 Å². The number of urea groups is 1. The highest BCUT2D eigenvalue weighted by Gasteiger charge is 2.22. The van der Waals surface area contributed by atoms with Gasteiger partial charge in [0.25, 0.3) is 5.56 Å². The van der Waals surface area contributed by atoms with E-state index < -0.39 is 34.9 Å². The predicted molar refractivity (Wildman–Crippen MR) is 93.1 cm³/mol. The molecule has 0 fully saturated rings. The van der Waals surface area contributed by atoms with Gasteiger partial charge in [-0.05, 0) is 20.8 Å². The highest BCUT2D eigenvalue weighted by molar-refractivity contribution is 6.18. The number of aromatic amines is 1. The lowest BCUT2D eigenvalue weighted by molar-refractivity contribution is -0.101. The first-order chi connectivity index (χ1) is 12.1. The molecule has 0 aliphatic carbocycles. The maximum absolute atomic E-state index is 13.5. The number of carbonyl (C=O) groups is 1. The first-order valence-electron chi connectivity index (χ1n) is 7.77. The van der Waals surface area contributed by atoms with Crippen LogP contribution in [0.25, 0.3) is 0 Å². The molecule has 0 radical (unpaired) electrons.